The topological polar surface area (TPSA) is 32.3 Å². The molecule has 1 aromatic carbocycles. The number of hydrogen-bond acceptors (Lipinski definition) is 2. The molecule has 0 amide bonds. The van der Waals surface area contributed by atoms with Crippen molar-refractivity contribution in [1.29, 1.82) is 0 Å². The largest absolute Gasteiger partial charge is 0.396 e. The van der Waals surface area contributed by atoms with Gasteiger partial charge in [-0.2, -0.15) is 0 Å². The smallest absolute Gasteiger partial charge is 0.0499 e. The average molecular weight is 298 g/mol. The average Bonchev–Trinajstić information content (AvgIpc) is 2.49. The molecule has 0 radical (unpaired) electrons. The Balaban J connectivity index is 2.74. The summed E-state index contributed by atoms with van der Waals surface area (Å²) in [5.41, 5.74) is 1.27. The lowest BCUT2D eigenvalue weighted by Gasteiger charge is -2.32. The number of aliphatic hydroxyl groups excluding tert-OH is 1. The van der Waals surface area contributed by atoms with E-state index in [1.165, 1.54) is 5.56 Å². The number of halogens is 1. The van der Waals surface area contributed by atoms with Crippen molar-refractivity contribution in [3.8, 4) is 0 Å². The zero-order valence-electron chi connectivity index (χ0n) is 13.0. The van der Waals surface area contributed by atoms with E-state index in [9.17, 15) is 5.11 Å². The van der Waals surface area contributed by atoms with Gasteiger partial charge in [-0.1, -0.05) is 50.9 Å². The Kier molecular flexibility index (Phi) is 7.57. The molecular formula is C17H28ClNO. The van der Waals surface area contributed by atoms with E-state index in [1.807, 2.05) is 12.1 Å². The highest BCUT2D eigenvalue weighted by Gasteiger charge is 2.26. The molecule has 0 aromatic heterocycles. The van der Waals surface area contributed by atoms with Crippen LogP contribution in [0.15, 0.2) is 24.3 Å². The zero-order chi connectivity index (χ0) is 15.0. The van der Waals surface area contributed by atoms with E-state index < -0.39 is 0 Å². The molecule has 2 nitrogen and oxygen atoms in total. The standard InChI is InChI=1S/C17H28ClNO/c1-4-7-16(14-8-10-15(18)11-9-14)19-12-17(5-2,6-3)13-20/h8-11,16,19-20H,4-7,12-13H2,1-3H3. The van der Waals surface area contributed by atoms with Gasteiger partial charge in [0.15, 0.2) is 0 Å². The van der Waals surface area contributed by atoms with Crippen molar-refractivity contribution >= 4 is 11.6 Å². The molecule has 20 heavy (non-hydrogen) atoms. The molecule has 0 heterocycles. The summed E-state index contributed by atoms with van der Waals surface area (Å²) in [6, 6.07) is 8.41. The van der Waals surface area contributed by atoms with E-state index in [0.29, 0.717) is 6.04 Å². The van der Waals surface area contributed by atoms with Crippen LogP contribution < -0.4 is 5.32 Å². The van der Waals surface area contributed by atoms with Gasteiger partial charge in [-0.05, 0) is 37.0 Å². The van der Waals surface area contributed by atoms with Gasteiger partial charge < -0.3 is 10.4 Å². The van der Waals surface area contributed by atoms with E-state index >= 15 is 0 Å². The van der Waals surface area contributed by atoms with Crippen LogP contribution in [0.5, 0.6) is 0 Å². The summed E-state index contributed by atoms with van der Waals surface area (Å²) in [7, 11) is 0. The number of benzene rings is 1. The summed E-state index contributed by atoms with van der Waals surface area (Å²) < 4.78 is 0. The van der Waals surface area contributed by atoms with E-state index in [1.54, 1.807) is 0 Å². The SMILES string of the molecule is CCCC(NCC(CC)(CC)CO)c1ccc(Cl)cc1. The first-order chi connectivity index (χ1) is 9.60. The van der Waals surface area contributed by atoms with E-state index in [4.69, 9.17) is 11.6 Å². The first-order valence-electron chi connectivity index (χ1n) is 7.70. The highest BCUT2D eigenvalue weighted by atomic mass is 35.5. The molecule has 0 fully saturated rings. The van der Waals surface area contributed by atoms with Crippen LogP contribution in [0.2, 0.25) is 5.02 Å². The van der Waals surface area contributed by atoms with Crippen molar-refractivity contribution in [3.05, 3.63) is 34.9 Å². The first kappa shape index (κ1) is 17.5. The second-order valence-corrected chi connectivity index (χ2v) is 6.08. The molecule has 0 spiro atoms. The Morgan fingerprint density at radius 1 is 1.15 bits per heavy atom. The van der Waals surface area contributed by atoms with Crippen LogP contribution in [-0.4, -0.2) is 18.3 Å². The number of nitrogens with one attached hydrogen (secondary N) is 1. The Bertz CT molecular complexity index is 365. The second kappa shape index (κ2) is 8.66. The lowest BCUT2D eigenvalue weighted by molar-refractivity contribution is 0.109. The molecule has 1 rings (SSSR count). The van der Waals surface area contributed by atoms with Crippen LogP contribution in [0.4, 0.5) is 0 Å². The quantitative estimate of drug-likeness (QED) is 0.700. The van der Waals surface area contributed by atoms with Crippen molar-refractivity contribution in [3.63, 3.8) is 0 Å². The maximum absolute atomic E-state index is 9.67. The predicted octanol–water partition coefficient (Wildman–Crippen LogP) is 4.57. The third kappa shape index (κ3) is 4.76. The minimum atomic E-state index is -0.00157. The van der Waals surface area contributed by atoms with Crippen LogP contribution in [0, 0.1) is 5.41 Å². The van der Waals surface area contributed by atoms with E-state index in [0.717, 1.165) is 37.3 Å². The second-order valence-electron chi connectivity index (χ2n) is 5.64. The summed E-state index contributed by atoms with van der Waals surface area (Å²) in [6.45, 7) is 7.59. The van der Waals surface area contributed by atoms with Gasteiger partial charge in [0.2, 0.25) is 0 Å². The van der Waals surface area contributed by atoms with Crippen LogP contribution >= 0.6 is 11.6 Å². The summed E-state index contributed by atoms with van der Waals surface area (Å²) in [5.74, 6) is 0. The van der Waals surface area contributed by atoms with Gasteiger partial charge in [-0.3, -0.25) is 0 Å². The third-order valence-corrected chi connectivity index (χ3v) is 4.66. The zero-order valence-corrected chi connectivity index (χ0v) is 13.7. The maximum Gasteiger partial charge on any atom is 0.0499 e. The Hall–Kier alpha value is -0.570. The Morgan fingerprint density at radius 3 is 2.20 bits per heavy atom. The summed E-state index contributed by atoms with van der Waals surface area (Å²) in [4.78, 5) is 0. The number of rotatable bonds is 9. The monoisotopic (exact) mass is 297 g/mol. The molecule has 0 saturated carbocycles. The van der Waals surface area contributed by atoms with Crippen LogP contribution in [-0.2, 0) is 0 Å². The maximum atomic E-state index is 9.67. The first-order valence-corrected chi connectivity index (χ1v) is 8.08. The van der Waals surface area contributed by atoms with Crippen molar-refractivity contribution < 1.29 is 5.11 Å². The highest BCUT2D eigenvalue weighted by molar-refractivity contribution is 6.30. The van der Waals surface area contributed by atoms with E-state index in [-0.39, 0.29) is 12.0 Å². The third-order valence-electron chi connectivity index (χ3n) is 4.41. The molecule has 0 aliphatic carbocycles. The van der Waals surface area contributed by atoms with Gasteiger partial charge in [0.1, 0.15) is 0 Å². The lowest BCUT2D eigenvalue weighted by Crippen LogP contribution is -2.38. The van der Waals surface area contributed by atoms with Crippen molar-refractivity contribution in [1.82, 2.24) is 5.32 Å². The Labute approximate surface area is 128 Å². The fourth-order valence-corrected chi connectivity index (χ4v) is 2.62. The van der Waals surface area contributed by atoms with Gasteiger partial charge in [-0.15, -0.1) is 0 Å². The fourth-order valence-electron chi connectivity index (χ4n) is 2.49. The molecule has 2 N–H and O–H groups in total. The van der Waals surface area contributed by atoms with Crippen molar-refractivity contribution in [2.45, 2.75) is 52.5 Å². The molecule has 1 aromatic rings. The minimum absolute atomic E-state index is 0.00157. The van der Waals surface area contributed by atoms with Gasteiger partial charge in [0, 0.05) is 29.6 Å². The van der Waals surface area contributed by atoms with Gasteiger partial charge in [0.05, 0.1) is 0 Å². The van der Waals surface area contributed by atoms with Crippen LogP contribution in [0.25, 0.3) is 0 Å². The van der Waals surface area contributed by atoms with E-state index in [2.05, 4.69) is 38.2 Å². The van der Waals surface area contributed by atoms with Gasteiger partial charge in [0.25, 0.3) is 0 Å². The summed E-state index contributed by atoms with van der Waals surface area (Å²) in [6.07, 6.45) is 4.21. The van der Waals surface area contributed by atoms with Crippen LogP contribution in [0.3, 0.4) is 0 Å². The normalized spacial score (nSPS) is 13.4. The van der Waals surface area contributed by atoms with Crippen LogP contribution in [0.1, 0.15) is 58.1 Å². The molecular weight excluding hydrogens is 270 g/mol. The highest BCUT2D eigenvalue weighted by Crippen LogP contribution is 2.27. The van der Waals surface area contributed by atoms with Gasteiger partial charge in [-0.25, -0.2) is 0 Å². The summed E-state index contributed by atoms with van der Waals surface area (Å²) >= 11 is 5.96. The molecule has 1 unspecified atom stereocenters. The van der Waals surface area contributed by atoms with Crippen molar-refractivity contribution in [2.75, 3.05) is 13.2 Å². The lowest BCUT2D eigenvalue weighted by atomic mass is 9.82. The minimum Gasteiger partial charge on any atom is -0.396 e. The van der Waals surface area contributed by atoms with Crippen molar-refractivity contribution in [2.24, 2.45) is 5.41 Å². The molecule has 1 atom stereocenters. The molecule has 0 aliphatic rings. The summed E-state index contributed by atoms with van der Waals surface area (Å²) in [5, 5.41) is 14.1. The Morgan fingerprint density at radius 2 is 1.75 bits per heavy atom. The molecule has 114 valence electrons. The molecule has 0 aliphatic heterocycles. The predicted molar refractivity (Wildman–Crippen MR) is 87.2 cm³/mol. The number of aliphatic hydroxyl groups is 1. The number of hydrogen-bond donors (Lipinski definition) is 2. The fraction of sp³-hybridized carbons (Fsp3) is 0.647. The molecule has 3 heteroatoms. The van der Waals surface area contributed by atoms with Gasteiger partial charge >= 0.3 is 0 Å². The molecule has 0 saturated heterocycles. The molecule has 0 bridgehead atoms.